The molecule has 0 aliphatic carbocycles. The van der Waals surface area contributed by atoms with Crippen LogP contribution in [-0.2, 0) is 14.3 Å². The Kier molecular flexibility index (Phi) is 32.1. The minimum Gasteiger partial charge on any atom is -0.394 e. The average molecular weight is 750 g/mol. The summed E-state index contributed by atoms with van der Waals surface area (Å²) in [5, 5.41) is 54.0. The maximum Gasteiger partial charge on any atom is 0.220 e. The van der Waals surface area contributed by atoms with Crippen molar-refractivity contribution in [2.45, 2.75) is 211 Å². The minimum atomic E-state index is -1.57. The molecule has 1 aliphatic heterocycles. The smallest absolute Gasteiger partial charge is 0.220 e. The fraction of sp³-hybridized carbons (Fsp3) is 0.795. The Morgan fingerprint density at radius 1 is 0.623 bits per heavy atom. The quantitative estimate of drug-likeness (QED) is 0.0285. The zero-order chi connectivity index (χ0) is 38.8. The van der Waals surface area contributed by atoms with Crippen molar-refractivity contribution in [3.05, 3.63) is 48.6 Å². The van der Waals surface area contributed by atoms with Crippen LogP contribution in [0.15, 0.2) is 48.6 Å². The van der Waals surface area contributed by atoms with Gasteiger partial charge in [-0.05, 0) is 70.6 Å². The highest BCUT2D eigenvalue weighted by Crippen LogP contribution is 2.22. The molecule has 1 saturated heterocycles. The molecular weight excluding hydrogens is 670 g/mol. The van der Waals surface area contributed by atoms with E-state index in [1.165, 1.54) is 77.0 Å². The molecule has 1 aliphatic rings. The Labute approximate surface area is 323 Å². The van der Waals surface area contributed by atoms with Gasteiger partial charge in [-0.2, -0.15) is 0 Å². The van der Waals surface area contributed by atoms with Crippen molar-refractivity contribution in [2.75, 3.05) is 13.2 Å². The van der Waals surface area contributed by atoms with Crippen LogP contribution in [0, 0.1) is 0 Å². The number of rotatable bonds is 34. The van der Waals surface area contributed by atoms with Gasteiger partial charge in [-0.3, -0.25) is 4.79 Å². The van der Waals surface area contributed by atoms with E-state index in [1.54, 1.807) is 6.08 Å². The van der Waals surface area contributed by atoms with E-state index in [4.69, 9.17) is 9.47 Å². The fourth-order valence-electron chi connectivity index (χ4n) is 6.36. The van der Waals surface area contributed by atoms with Crippen molar-refractivity contribution >= 4 is 5.91 Å². The highest BCUT2D eigenvalue weighted by molar-refractivity contribution is 5.76. The number of aliphatic hydroxyl groups is 5. The summed E-state index contributed by atoms with van der Waals surface area (Å²) in [6, 6.07) is -0.830. The lowest BCUT2D eigenvalue weighted by Gasteiger charge is -2.40. The molecule has 1 amide bonds. The lowest BCUT2D eigenvalue weighted by molar-refractivity contribution is -0.302. The molecule has 9 nitrogen and oxygen atoms in total. The third kappa shape index (κ3) is 25.8. The van der Waals surface area contributed by atoms with Crippen LogP contribution in [0.3, 0.4) is 0 Å². The van der Waals surface area contributed by atoms with Crippen molar-refractivity contribution in [3.63, 3.8) is 0 Å². The molecule has 1 heterocycles. The Morgan fingerprint density at radius 2 is 1.08 bits per heavy atom. The fourth-order valence-corrected chi connectivity index (χ4v) is 6.36. The Morgan fingerprint density at radius 3 is 1.58 bits per heavy atom. The molecule has 0 aromatic heterocycles. The zero-order valence-corrected chi connectivity index (χ0v) is 33.5. The first-order valence-corrected chi connectivity index (χ1v) is 21.4. The van der Waals surface area contributed by atoms with Crippen molar-refractivity contribution in [3.8, 4) is 0 Å². The minimum absolute atomic E-state index is 0.203. The number of hydrogen-bond acceptors (Lipinski definition) is 8. The monoisotopic (exact) mass is 750 g/mol. The molecule has 53 heavy (non-hydrogen) atoms. The summed E-state index contributed by atoms with van der Waals surface area (Å²) in [5.74, 6) is -0.203. The predicted octanol–water partition coefficient (Wildman–Crippen LogP) is 8.28. The summed E-state index contributed by atoms with van der Waals surface area (Å²) in [6.45, 7) is 3.70. The number of hydrogen-bond donors (Lipinski definition) is 6. The van der Waals surface area contributed by atoms with Gasteiger partial charge in [-0.1, -0.05) is 140 Å². The Balaban J connectivity index is 2.46. The summed E-state index contributed by atoms with van der Waals surface area (Å²) < 4.78 is 11.2. The van der Waals surface area contributed by atoms with Gasteiger partial charge in [-0.25, -0.2) is 0 Å². The number of unbranched alkanes of at least 4 members (excludes halogenated alkanes) is 18. The molecule has 0 aromatic carbocycles. The van der Waals surface area contributed by atoms with Gasteiger partial charge < -0.3 is 40.3 Å². The molecule has 0 saturated carbocycles. The summed E-state index contributed by atoms with van der Waals surface area (Å²) >= 11 is 0. The molecule has 0 radical (unpaired) electrons. The number of allylic oxidation sites excluding steroid dienone is 7. The van der Waals surface area contributed by atoms with E-state index in [9.17, 15) is 30.3 Å². The summed E-state index contributed by atoms with van der Waals surface area (Å²) in [4.78, 5) is 12.9. The molecule has 7 unspecified atom stereocenters. The Hall–Kier alpha value is -1.85. The van der Waals surface area contributed by atoms with Crippen LogP contribution < -0.4 is 5.32 Å². The van der Waals surface area contributed by atoms with Gasteiger partial charge in [0, 0.05) is 6.42 Å². The summed E-state index contributed by atoms with van der Waals surface area (Å²) in [7, 11) is 0. The third-order valence-electron chi connectivity index (χ3n) is 9.85. The molecule has 0 spiro atoms. The number of carbonyl (C=O) groups excluding carboxylic acids is 1. The van der Waals surface area contributed by atoms with Gasteiger partial charge in [0.2, 0.25) is 5.91 Å². The van der Waals surface area contributed by atoms with E-state index < -0.39 is 49.5 Å². The number of aliphatic hydroxyl groups excluding tert-OH is 5. The van der Waals surface area contributed by atoms with E-state index in [1.807, 2.05) is 6.08 Å². The average Bonchev–Trinajstić information content (AvgIpc) is 3.16. The van der Waals surface area contributed by atoms with Gasteiger partial charge in [-0.15, -0.1) is 0 Å². The van der Waals surface area contributed by atoms with Crippen LogP contribution in [0.1, 0.15) is 168 Å². The van der Waals surface area contributed by atoms with Crippen LogP contribution in [0.2, 0.25) is 0 Å². The Bertz CT molecular complexity index is 967. The topological polar surface area (TPSA) is 149 Å². The summed E-state index contributed by atoms with van der Waals surface area (Å²) in [6.07, 6.45) is 35.8. The lowest BCUT2D eigenvalue weighted by atomic mass is 9.99. The van der Waals surface area contributed by atoms with Crippen LogP contribution in [-0.4, -0.2) is 87.5 Å². The van der Waals surface area contributed by atoms with Gasteiger partial charge in [0.05, 0.1) is 25.4 Å². The lowest BCUT2D eigenvalue weighted by Crippen LogP contribution is -2.60. The van der Waals surface area contributed by atoms with Crippen LogP contribution in [0.4, 0.5) is 0 Å². The van der Waals surface area contributed by atoms with E-state index in [0.29, 0.717) is 6.42 Å². The SMILES string of the molecule is CCCCCCC/C=C\CCCCCCCC(=O)NC(COC1OC(CO)C(O)C(O)C1O)C(O)/C=C/CC/C=C/CC/C=C/CCCCCCCC. The molecule has 6 N–H and O–H groups in total. The number of ether oxygens (including phenoxy) is 2. The maximum atomic E-state index is 12.9. The third-order valence-corrected chi connectivity index (χ3v) is 9.85. The van der Waals surface area contributed by atoms with Crippen LogP contribution >= 0.6 is 0 Å². The number of carbonyl (C=O) groups is 1. The predicted molar refractivity (Wildman–Crippen MR) is 216 cm³/mol. The van der Waals surface area contributed by atoms with Gasteiger partial charge in [0.1, 0.15) is 24.4 Å². The zero-order valence-electron chi connectivity index (χ0n) is 33.5. The largest absolute Gasteiger partial charge is 0.394 e. The van der Waals surface area contributed by atoms with Gasteiger partial charge in [0.15, 0.2) is 6.29 Å². The van der Waals surface area contributed by atoms with Crippen molar-refractivity contribution in [2.24, 2.45) is 0 Å². The molecule has 9 heteroatoms. The van der Waals surface area contributed by atoms with Gasteiger partial charge in [0.25, 0.3) is 0 Å². The molecular formula is C44H79NO8. The highest BCUT2D eigenvalue weighted by Gasteiger charge is 2.44. The number of nitrogens with one attached hydrogen (secondary N) is 1. The van der Waals surface area contributed by atoms with E-state index in [2.05, 4.69) is 55.6 Å². The van der Waals surface area contributed by atoms with Crippen molar-refractivity contribution < 1.29 is 39.8 Å². The van der Waals surface area contributed by atoms with Crippen molar-refractivity contribution in [1.29, 1.82) is 0 Å². The molecule has 1 rings (SSSR count). The van der Waals surface area contributed by atoms with Gasteiger partial charge >= 0.3 is 0 Å². The second-order valence-electron chi connectivity index (χ2n) is 14.8. The molecule has 308 valence electrons. The normalized spacial score (nSPS) is 22.1. The summed E-state index contributed by atoms with van der Waals surface area (Å²) in [5.41, 5.74) is 0. The van der Waals surface area contributed by atoms with E-state index in [-0.39, 0.29) is 12.5 Å². The second kappa shape index (κ2) is 34.6. The first kappa shape index (κ1) is 49.2. The first-order chi connectivity index (χ1) is 25.8. The van der Waals surface area contributed by atoms with E-state index in [0.717, 1.165) is 70.6 Å². The van der Waals surface area contributed by atoms with Crippen LogP contribution in [0.25, 0.3) is 0 Å². The first-order valence-electron chi connectivity index (χ1n) is 21.4. The van der Waals surface area contributed by atoms with E-state index >= 15 is 0 Å². The maximum absolute atomic E-state index is 12.9. The highest BCUT2D eigenvalue weighted by atomic mass is 16.7. The molecule has 7 atom stereocenters. The molecule has 0 aromatic rings. The van der Waals surface area contributed by atoms with Crippen molar-refractivity contribution in [1.82, 2.24) is 5.32 Å². The van der Waals surface area contributed by atoms with Crippen LogP contribution in [0.5, 0.6) is 0 Å². The molecule has 1 fully saturated rings. The number of amides is 1. The standard InChI is InChI=1S/C44H79NO8/c1-3-5-7-9-11-13-15-17-19-20-21-23-25-27-29-31-33-38(47)37(36-52-44-43(51)42(50)41(49)39(35-46)53-44)45-40(48)34-32-30-28-26-24-22-18-16-14-12-10-8-6-4-2/h16-19,23,25,31,33,37-39,41-44,46-47,49-51H,3-15,20-22,24,26-30,32,34-36H2,1-2H3,(H,45,48)/b18-16-,19-17+,25-23+,33-31+. The molecule has 0 bridgehead atoms. The second-order valence-corrected chi connectivity index (χ2v) is 14.8.